The lowest BCUT2D eigenvalue weighted by Gasteiger charge is -2.14. The molecule has 128 valence electrons. The molecule has 1 unspecified atom stereocenters. The summed E-state index contributed by atoms with van der Waals surface area (Å²) in [5.41, 5.74) is 9.23. The molecule has 0 saturated carbocycles. The Bertz CT molecular complexity index is 719. The molecule has 1 aliphatic rings. The first-order valence-corrected chi connectivity index (χ1v) is 9.20. The highest BCUT2D eigenvalue weighted by atomic mass is 32.2. The molecule has 24 heavy (non-hydrogen) atoms. The van der Waals surface area contributed by atoms with Crippen LogP contribution in [0.2, 0.25) is 0 Å². The van der Waals surface area contributed by atoms with E-state index in [0.29, 0.717) is 11.7 Å². The number of nitrogens with two attached hydrogens (primary N) is 1. The van der Waals surface area contributed by atoms with Crippen LogP contribution in [-0.2, 0) is 17.0 Å². The van der Waals surface area contributed by atoms with E-state index in [0.717, 1.165) is 48.2 Å². The highest BCUT2D eigenvalue weighted by molar-refractivity contribution is 7.98. The molecule has 3 rings (SSSR count). The highest BCUT2D eigenvalue weighted by Crippen LogP contribution is 2.26. The third-order valence-corrected chi connectivity index (χ3v) is 5.49. The molecule has 1 amide bonds. The normalized spacial score (nSPS) is 17.3. The summed E-state index contributed by atoms with van der Waals surface area (Å²) in [5, 5.41) is 1.03. The lowest BCUT2D eigenvalue weighted by Crippen LogP contribution is -2.16. The number of carbonyl (C=O) groups is 1. The number of aromatic nitrogens is 2. The first-order chi connectivity index (χ1) is 11.5. The van der Waals surface area contributed by atoms with Gasteiger partial charge in [0.25, 0.3) is 0 Å². The van der Waals surface area contributed by atoms with E-state index in [1.807, 2.05) is 19.1 Å². The molecule has 0 aliphatic carbocycles. The van der Waals surface area contributed by atoms with Gasteiger partial charge in [-0.05, 0) is 44.4 Å². The maximum Gasteiger partial charge on any atom is 0.248 e. The molecule has 2 heterocycles. The predicted molar refractivity (Wildman–Crippen MR) is 95.2 cm³/mol. The van der Waals surface area contributed by atoms with Crippen molar-refractivity contribution in [1.29, 1.82) is 0 Å². The SMILES string of the molecule is Cc1nc(SCc2ccc(C(N)=O)cc2)n(CC2CCCO2)c1C. The van der Waals surface area contributed by atoms with Gasteiger partial charge in [-0.15, -0.1) is 0 Å². The first kappa shape index (κ1) is 17.0. The van der Waals surface area contributed by atoms with Crippen LogP contribution in [0, 0.1) is 13.8 Å². The number of benzene rings is 1. The summed E-state index contributed by atoms with van der Waals surface area (Å²) in [6, 6.07) is 7.43. The first-order valence-electron chi connectivity index (χ1n) is 8.21. The minimum absolute atomic E-state index is 0.298. The number of hydrogen-bond donors (Lipinski definition) is 1. The van der Waals surface area contributed by atoms with E-state index in [9.17, 15) is 4.79 Å². The number of amides is 1. The Morgan fingerprint density at radius 1 is 1.38 bits per heavy atom. The summed E-state index contributed by atoms with van der Waals surface area (Å²) in [4.78, 5) is 15.8. The van der Waals surface area contributed by atoms with E-state index < -0.39 is 5.91 Å². The number of imidazole rings is 1. The number of carbonyl (C=O) groups excluding carboxylic acids is 1. The zero-order chi connectivity index (χ0) is 17.1. The topological polar surface area (TPSA) is 70.1 Å². The molecule has 0 spiro atoms. The number of aryl methyl sites for hydroxylation is 1. The second-order valence-electron chi connectivity index (χ2n) is 6.16. The minimum Gasteiger partial charge on any atom is -0.376 e. The van der Waals surface area contributed by atoms with Crippen molar-refractivity contribution in [3.05, 3.63) is 46.8 Å². The third kappa shape index (κ3) is 3.82. The molecule has 2 aromatic rings. The fourth-order valence-corrected chi connectivity index (χ4v) is 3.91. The van der Waals surface area contributed by atoms with Crippen LogP contribution in [0.5, 0.6) is 0 Å². The fourth-order valence-electron chi connectivity index (χ4n) is 2.85. The van der Waals surface area contributed by atoms with Crippen molar-refractivity contribution in [3.8, 4) is 0 Å². The van der Waals surface area contributed by atoms with Crippen LogP contribution in [0.4, 0.5) is 0 Å². The zero-order valence-electron chi connectivity index (χ0n) is 14.1. The molecular weight excluding hydrogens is 322 g/mol. The summed E-state index contributed by atoms with van der Waals surface area (Å²) in [6.07, 6.45) is 2.56. The number of ether oxygens (including phenoxy) is 1. The second-order valence-corrected chi connectivity index (χ2v) is 7.10. The average molecular weight is 345 g/mol. The zero-order valence-corrected chi connectivity index (χ0v) is 14.9. The van der Waals surface area contributed by atoms with Gasteiger partial charge >= 0.3 is 0 Å². The summed E-state index contributed by atoms with van der Waals surface area (Å²) in [5.74, 6) is 0.410. The molecule has 1 atom stereocenters. The molecule has 1 saturated heterocycles. The van der Waals surface area contributed by atoms with Gasteiger partial charge in [-0.3, -0.25) is 4.79 Å². The molecule has 2 N–H and O–H groups in total. The standard InChI is InChI=1S/C18H23N3O2S/c1-12-13(2)21(10-16-4-3-9-23-16)18(20-12)24-11-14-5-7-15(8-6-14)17(19)22/h5-8,16H,3-4,9-11H2,1-2H3,(H2,19,22). The Labute approximate surface area is 146 Å². The van der Waals surface area contributed by atoms with E-state index >= 15 is 0 Å². The minimum atomic E-state index is -0.396. The van der Waals surface area contributed by atoms with Crippen molar-refractivity contribution in [1.82, 2.24) is 9.55 Å². The maximum absolute atomic E-state index is 11.1. The quantitative estimate of drug-likeness (QED) is 0.817. The van der Waals surface area contributed by atoms with Crippen molar-refractivity contribution in [2.24, 2.45) is 5.73 Å². The van der Waals surface area contributed by atoms with Gasteiger partial charge in [-0.1, -0.05) is 23.9 Å². The lowest BCUT2D eigenvalue weighted by atomic mass is 10.1. The van der Waals surface area contributed by atoms with Crippen LogP contribution in [0.3, 0.4) is 0 Å². The van der Waals surface area contributed by atoms with Gasteiger partial charge in [0, 0.05) is 23.6 Å². The lowest BCUT2D eigenvalue weighted by molar-refractivity contribution is 0.0944. The Balaban J connectivity index is 1.70. The Hall–Kier alpha value is -1.79. The summed E-state index contributed by atoms with van der Waals surface area (Å²) >= 11 is 1.71. The molecule has 0 radical (unpaired) electrons. The van der Waals surface area contributed by atoms with E-state index in [1.54, 1.807) is 23.9 Å². The fraction of sp³-hybridized carbons (Fsp3) is 0.444. The number of primary amides is 1. The van der Waals surface area contributed by atoms with Crippen molar-refractivity contribution in [2.45, 2.75) is 50.2 Å². The van der Waals surface area contributed by atoms with Crippen molar-refractivity contribution < 1.29 is 9.53 Å². The number of rotatable bonds is 6. The molecule has 1 aromatic heterocycles. The highest BCUT2D eigenvalue weighted by Gasteiger charge is 2.20. The van der Waals surface area contributed by atoms with E-state index in [2.05, 4.69) is 11.5 Å². The maximum atomic E-state index is 11.1. The van der Waals surface area contributed by atoms with Crippen molar-refractivity contribution in [3.63, 3.8) is 0 Å². The summed E-state index contributed by atoms with van der Waals surface area (Å²) in [7, 11) is 0. The molecule has 1 fully saturated rings. The van der Waals surface area contributed by atoms with Crippen LogP contribution in [0.15, 0.2) is 29.4 Å². The number of thioether (sulfide) groups is 1. The van der Waals surface area contributed by atoms with Gasteiger partial charge in [0.2, 0.25) is 5.91 Å². The van der Waals surface area contributed by atoms with Gasteiger partial charge in [0.05, 0.1) is 18.3 Å². The third-order valence-electron chi connectivity index (χ3n) is 4.44. The van der Waals surface area contributed by atoms with Crippen LogP contribution < -0.4 is 5.73 Å². The summed E-state index contributed by atoms with van der Waals surface area (Å²) in [6.45, 7) is 5.90. The monoisotopic (exact) mass is 345 g/mol. The Morgan fingerprint density at radius 3 is 2.75 bits per heavy atom. The molecule has 5 nitrogen and oxygen atoms in total. The predicted octanol–water partition coefficient (Wildman–Crippen LogP) is 3.07. The van der Waals surface area contributed by atoms with Gasteiger partial charge in [-0.25, -0.2) is 4.98 Å². The smallest absolute Gasteiger partial charge is 0.248 e. The van der Waals surface area contributed by atoms with Crippen LogP contribution in [0.1, 0.15) is 40.2 Å². The van der Waals surface area contributed by atoms with E-state index in [1.165, 1.54) is 5.69 Å². The Morgan fingerprint density at radius 2 is 2.12 bits per heavy atom. The molecule has 1 aromatic carbocycles. The summed E-state index contributed by atoms with van der Waals surface area (Å²) < 4.78 is 8.04. The largest absolute Gasteiger partial charge is 0.376 e. The van der Waals surface area contributed by atoms with Crippen molar-refractivity contribution >= 4 is 17.7 Å². The average Bonchev–Trinajstić information content (AvgIpc) is 3.17. The van der Waals surface area contributed by atoms with Crippen LogP contribution >= 0.6 is 11.8 Å². The van der Waals surface area contributed by atoms with E-state index in [-0.39, 0.29) is 0 Å². The van der Waals surface area contributed by atoms with Gasteiger partial charge in [-0.2, -0.15) is 0 Å². The van der Waals surface area contributed by atoms with E-state index in [4.69, 9.17) is 15.5 Å². The van der Waals surface area contributed by atoms with Crippen LogP contribution in [0.25, 0.3) is 0 Å². The molecule has 6 heteroatoms. The molecule has 0 bridgehead atoms. The number of hydrogen-bond acceptors (Lipinski definition) is 4. The van der Waals surface area contributed by atoms with Gasteiger partial charge in [0.15, 0.2) is 5.16 Å². The van der Waals surface area contributed by atoms with Gasteiger partial charge in [0.1, 0.15) is 0 Å². The second kappa shape index (κ2) is 7.40. The van der Waals surface area contributed by atoms with Crippen molar-refractivity contribution in [2.75, 3.05) is 6.61 Å². The number of nitrogens with zero attached hydrogens (tertiary/aromatic N) is 2. The molecular formula is C18H23N3O2S. The van der Waals surface area contributed by atoms with Crippen LogP contribution in [-0.4, -0.2) is 28.2 Å². The van der Waals surface area contributed by atoms with Gasteiger partial charge < -0.3 is 15.0 Å². The molecule has 1 aliphatic heterocycles. The Kier molecular flexibility index (Phi) is 5.26.